The summed E-state index contributed by atoms with van der Waals surface area (Å²) in [5.41, 5.74) is 10.1. The van der Waals surface area contributed by atoms with Gasteiger partial charge in [-0.15, -0.1) is 0 Å². The van der Waals surface area contributed by atoms with Crippen LogP contribution in [0.2, 0.25) is 0 Å². The largest absolute Gasteiger partial charge is 0.493 e. The fourth-order valence-corrected chi connectivity index (χ4v) is 7.88. The molecular formula is C60H63F5N4O11. The summed E-state index contributed by atoms with van der Waals surface area (Å²) in [4.78, 5) is 67.4. The Morgan fingerprint density at radius 1 is 0.512 bits per heavy atom. The molecule has 3 amide bonds. The van der Waals surface area contributed by atoms with E-state index in [-0.39, 0.29) is 57.1 Å². The van der Waals surface area contributed by atoms with E-state index in [0.717, 1.165) is 18.4 Å². The van der Waals surface area contributed by atoms with E-state index in [1.54, 1.807) is 91.0 Å². The standard InChI is InChI=1S/C60H63F5N4O11/c1-3-5-29-75-48-26-24-41(31-43(48)33-46(57(71)77-35-38-17-10-7-11-18-38)68-56(70)45(66)23-16-28-67-59(73)78-36-39-19-12-8-13-20-39)42-25-27-49(76-30-6-4-2)44(32-42)34-47(69-60(74)79-37-40-21-14-9-15-22-40)58(72)80-55-53(64)51(62)50(61)52(63)54(55)65/h7-15,17-22,24-27,31-32,45-47H,3-6,16,23,28-30,33-37,66H2,1-2H3,(H,67,73)(H,68,70)(H,69,74)/t45-,46-,47-/m0/s1. The van der Waals surface area contributed by atoms with Gasteiger partial charge in [-0.1, -0.05) is 130 Å². The lowest BCUT2D eigenvalue weighted by molar-refractivity contribution is -0.149. The number of alkyl carbamates (subject to hydrolysis) is 2. The molecule has 0 unspecified atom stereocenters. The first kappa shape index (κ1) is 60.7. The summed E-state index contributed by atoms with van der Waals surface area (Å²) in [6.45, 7) is 4.24. The number of nitrogens with two attached hydrogens (primary N) is 1. The fraction of sp³-hybridized carbons (Fsp3) is 0.317. The van der Waals surface area contributed by atoms with Crippen LogP contribution in [0.15, 0.2) is 127 Å². The number of ether oxygens (including phenoxy) is 6. The number of carbonyl (C=O) groups excluding carboxylic acids is 5. The minimum atomic E-state index is -2.47. The van der Waals surface area contributed by atoms with E-state index in [9.17, 15) is 45.9 Å². The number of amides is 3. The molecule has 0 aliphatic carbocycles. The van der Waals surface area contributed by atoms with Crippen LogP contribution in [0.5, 0.6) is 17.2 Å². The van der Waals surface area contributed by atoms with Crippen molar-refractivity contribution in [2.45, 2.75) is 103 Å². The first-order valence-electron chi connectivity index (χ1n) is 26.1. The number of hydrogen-bond acceptors (Lipinski definition) is 12. The summed E-state index contributed by atoms with van der Waals surface area (Å²) in [5.74, 6) is -16.4. The van der Waals surface area contributed by atoms with Gasteiger partial charge in [0.1, 0.15) is 43.4 Å². The van der Waals surface area contributed by atoms with Gasteiger partial charge >= 0.3 is 24.1 Å². The normalized spacial score (nSPS) is 12.1. The molecule has 0 fully saturated rings. The lowest BCUT2D eigenvalue weighted by Crippen LogP contribution is -2.50. The van der Waals surface area contributed by atoms with Crippen molar-refractivity contribution in [3.8, 4) is 28.4 Å². The van der Waals surface area contributed by atoms with Gasteiger partial charge in [-0.2, -0.15) is 8.78 Å². The minimum absolute atomic E-state index is 0.0721. The second-order valence-electron chi connectivity index (χ2n) is 18.4. The Hall–Kier alpha value is -8.52. The summed E-state index contributed by atoms with van der Waals surface area (Å²) < 4.78 is 106. The van der Waals surface area contributed by atoms with Gasteiger partial charge in [-0.3, -0.25) is 4.79 Å². The summed E-state index contributed by atoms with van der Waals surface area (Å²) in [7, 11) is 0. The van der Waals surface area contributed by atoms with Gasteiger partial charge in [-0.25, -0.2) is 32.3 Å². The molecule has 20 heteroatoms. The van der Waals surface area contributed by atoms with Crippen LogP contribution in [0, 0.1) is 29.1 Å². The van der Waals surface area contributed by atoms with Gasteiger partial charge in [0.2, 0.25) is 40.7 Å². The van der Waals surface area contributed by atoms with Gasteiger partial charge in [0, 0.05) is 19.4 Å². The van der Waals surface area contributed by atoms with Crippen LogP contribution in [-0.2, 0) is 61.3 Å². The van der Waals surface area contributed by atoms with Crippen LogP contribution in [-0.4, -0.2) is 67.9 Å². The molecule has 6 aromatic carbocycles. The number of unbranched alkanes of at least 4 members (excludes halogenated alkanes) is 2. The van der Waals surface area contributed by atoms with Gasteiger partial charge in [0.05, 0.1) is 19.3 Å². The van der Waals surface area contributed by atoms with Crippen LogP contribution in [0.25, 0.3) is 11.1 Å². The van der Waals surface area contributed by atoms with E-state index < -0.39 is 89.4 Å². The highest BCUT2D eigenvalue weighted by atomic mass is 19.2. The third kappa shape index (κ3) is 18.3. The zero-order valence-corrected chi connectivity index (χ0v) is 44.2. The van der Waals surface area contributed by atoms with Crippen molar-refractivity contribution in [3.05, 3.63) is 184 Å². The molecule has 15 nitrogen and oxygen atoms in total. The highest BCUT2D eigenvalue weighted by Crippen LogP contribution is 2.34. The molecule has 0 bridgehead atoms. The van der Waals surface area contributed by atoms with Crippen molar-refractivity contribution in [3.63, 3.8) is 0 Å². The first-order chi connectivity index (χ1) is 38.6. The average Bonchev–Trinajstić information content (AvgIpc) is 3.47. The maximum atomic E-state index is 14.9. The molecule has 0 saturated carbocycles. The zero-order valence-electron chi connectivity index (χ0n) is 44.2. The van der Waals surface area contributed by atoms with Crippen LogP contribution < -0.4 is 35.9 Å². The van der Waals surface area contributed by atoms with Gasteiger partial charge < -0.3 is 50.1 Å². The van der Waals surface area contributed by atoms with Crippen LogP contribution >= 0.6 is 0 Å². The van der Waals surface area contributed by atoms with E-state index in [2.05, 4.69) is 16.0 Å². The molecule has 0 aliphatic heterocycles. The minimum Gasteiger partial charge on any atom is -0.493 e. The Labute approximate surface area is 460 Å². The molecule has 80 heavy (non-hydrogen) atoms. The Balaban J connectivity index is 1.29. The lowest BCUT2D eigenvalue weighted by Gasteiger charge is -2.22. The number of hydrogen-bond donors (Lipinski definition) is 4. The number of carbonyl (C=O) groups is 5. The van der Waals surface area contributed by atoms with Gasteiger partial charge in [-0.05, 0) is 88.9 Å². The van der Waals surface area contributed by atoms with E-state index in [0.29, 0.717) is 59.4 Å². The Bertz CT molecular complexity index is 2980. The highest BCUT2D eigenvalue weighted by Gasteiger charge is 2.33. The smallest absolute Gasteiger partial charge is 0.408 e. The summed E-state index contributed by atoms with van der Waals surface area (Å²) in [6, 6.07) is 32.2. The van der Waals surface area contributed by atoms with Crippen molar-refractivity contribution in [1.29, 1.82) is 0 Å². The zero-order chi connectivity index (χ0) is 57.4. The molecule has 0 aromatic heterocycles. The molecule has 0 radical (unpaired) electrons. The fourth-order valence-electron chi connectivity index (χ4n) is 7.88. The molecule has 3 atom stereocenters. The summed E-state index contributed by atoms with van der Waals surface area (Å²) >= 11 is 0. The van der Waals surface area contributed by atoms with Gasteiger partial charge in [0.15, 0.2) is 0 Å². The molecule has 0 saturated heterocycles. The SMILES string of the molecule is CCCCOc1ccc(-c2ccc(OCCCC)c(C[C@H](NC(=O)OCc3ccccc3)C(=O)Oc3c(F)c(F)c(F)c(F)c3F)c2)cc1C[C@H](NC(=O)[C@@H](N)CCCNC(=O)OCc1ccccc1)C(=O)OCc1ccccc1. The third-order valence-corrected chi connectivity index (χ3v) is 12.3. The predicted molar refractivity (Wildman–Crippen MR) is 286 cm³/mol. The van der Waals surface area contributed by atoms with Crippen LogP contribution in [0.4, 0.5) is 31.5 Å². The van der Waals surface area contributed by atoms with E-state index in [1.807, 2.05) is 50.2 Å². The number of rotatable bonds is 29. The second kappa shape index (κ2) is 31.2. The molecule has 0 heterocycles. The van der Waals surface area contributed by atoms with Crippen molar-refractivity contribution in [2.75, 3.05) is 19.8 Å². The van der Waals surface area contributed by atoms with Crippen molar-refractivity contribution < 1.29 is 74.3 Å². The average molecular weight is 1110 g/mol. The maximum Gasteiger partial charge on any atom is 0.408 e. The molecule has 6 aromatic rings. The van der Waals surface area contributed by atoms with Crippen molar-refractivity contribution >= 4 is 30.0 Å². The lowest BCUT2D eigenvalue weighted by atomic mass is 9.95. The van der Waals surface area contributed by atoms with Crippen molar-refractivity contribution in [2.24, 2.45) is 5.73 Å². The monoisotopic (exact) mass is 1110 g/mol. The summed E-state index contributed by atoms with van der Waals surface area (Å²) in [6.07, 6.45) is 0.679. The predicted octanol–water partition coefficient (Wildman–Crippen LogP) is 10.7. The molecule has 0 aliphatic rings. The number of nitrogens with one attached hydrogen (secondary N) is 3. The molecule has 5 N–H and O–H groups in total. The third-order valence-electron chi connectivity index (χ3n) is 12.3. The Morgan fingerprint density at radius 3 is 1.43 bits per heavy atom. The van der Waals surface area contributed by atoms with E-state index in [4.69, 9.17) is 34.2 Å². The van der Waals surface area contributed by atoms with Crippen LogP contribution in [0.3, 0.4) is 0 Å². The molecule has 6 rings (SSSR count). The molecule has 424 valence electrons. The quantitative estimate of drug-likeness (QED) is 0.00659. The van der Waals surface area contributed by atoms with Gasteiger partial charge in [0.25, 0.3) is 0 Å². The van der Waals surface area contributed by atoms with E-state index in [1.165, 1.54) is 0 Å². The van der Waals surface area contributed by atoms with Crippen LogP contribution in [0.1, 0.15) is 80.2 Å². The molecule has 0 spiro atoms. The number of benzene rings is 6. The summed E-state index contributed by atoms with van der Waals surface area (Å²) in [5, 5.41) is 7.72. The van der Waals surface area contributed by atoms with Crippen molar-refractivity contribution in [1.82, 2.24) is 16.0 Å². The van der Waals surface area contributed by atoms with E-state index >= 15 is 0 Å². The Kier molecular flexibility index (Phi) is 23.7. The highest BCUT2D eigenvalue weighted by molar-refractivity contribution is 5.88. The number of halogens is 5. The Morgan fingerprint density at radius 2 is 0.950 bits per heavy atom. The maximum absolute atomic E-state index is 14.9. The topological polar surface area (TPSA) is 203 Å². The molecular weight excluding hydrogens is 1050 g/mol. The number of esters is 2. The second-order valence-corrected chi connectivity index (χ2v) is 18.4. The first-order valence-corrected chi connectivity index (χ1v) is 26.1.